The van der Waals surface area contributed by atoms with E-state index in [1.807, 2.05) is 18.2 Å². The van der Waals surface area contributed by atoms with Gasteiger partial charge in [-0.3, -0.25) is 9.59 Å². The molecule has 2 rings (SSSR count). The molecular formula is C16H20N2O4. The van der Waals surface area contributed by atoms with Crippen molar-refractivity contribution in [3.05, 3.63) is 36.4 Å². The Hall–Kier alpha value is -2.50. The third-order valence-electron chi connectivity index (χ3n) is 3.33. The molecular weight excluding hydrogens is 284 g/mol. The standard InChI is InChI=1S/C16H20N2O4/c1-3-7-18(12(2)19)8-6-16(20)17-10-13-4-5-14-15(9-13)22-11-21-14/h3-5,9H,1,6-8,10-11H2,2H3,(H,17,20). The van der Waals surface area contributed by atoms with Crippen LogP contribution in [0.4, 0.5) is 0 Å². The van der Waals surface area contributed by atoms with E-state index in [1.54, 1.807) is 11.0 Å². The molecule has 118 valence electrons. The number of ether oxygens (including phenoxy) is 2. The Morgan fingerprint density at radius 1 is 1.36 bits per heavy atom. The molecule has 2 amide bonds. The minimum atomic E-state index is -0.104. The fourth-order valence-electron chi connectivity index (χ4n) is 2.11. The third-order valence-corrected chi connectivity index (χ3v) is 3.33. The Morgan fingerprint density at radius 2 is 2.14 bits per heavy atom. The van der Waals surface area contributed by atoms with Crippen LogP contribution in [-0.2, 0) is 16.1 Å². The van der Waals surface area contributed by atoms with E-state index in [9.17, 15) is 9.59 Å². The Bertz CT molecular complexity index is 571. The molecule has 0 fully saturated rings. The lowest BCUT2D eigenvalue weighted by molar-refractivity contribution is -0.129. The summed E-state index contributed by atoms with van der Waals surface area (Å²) < 4.78 is 10.5. The highest BCUT2D eigenvalue weighted by atomic mass is 16.7. The summed E-state index contributed by atoms with van der Waals surface area (Å²) in [6, 6.07) is 5.56. The summed E-state index contributed by atoms with van der Waals surface area (Å²) >= 11 is 0. The topological polar surface area (TPSA) is 67.9 Å². The van der Waals surface area contributed by atoms with Crippen molar-refractivity contribution < 1.29 is 19.1 Å². The van der Waals surface area contributed by atoms with E-state index < -0.39 is 0 Å². The van der Waals surface area contributed by atoms with Crippen molar-refractivity contribution in [2.24, 2.45) is 0 Å². The predicted octanol–water partition coefficient (Wildman–Crippen LogP) is 1.46. The average molecular weight is 304 g/mol. The summed E-state index contributed by atoms with van der Waals surface area (Å²) in [5.41, 5.74) is 0.937. The van der Waals surface area contributed by atoms with Crippen molar-refractivity contribution in [2.75, 3.05) is 19.9 Å². The molecule has 1 aliphatic heterocycles. The zero-order chi connectivity index (χ0) is 15.9. The fourth-order valence-corrected chi connectivity index (χ4v) is 2.11. The Labute approximate surface area is 129 Å². The van der Waals surface area contributed by atoms with Crippen LogP contribution in [0.3, 0.4) is 0 Å². The minimum Gasteiger partial charge on any atom is -0.454 e. The number of nitrogens with zero attached hydrogens (tertiary/aromatic N) is 1. The summed E-state index contributed by atoms with van der Waals surface area (Å²) in [4.78, 5) is 24.8. The van der Waals surface area contributed by atoms with Crippen molar-refractivity contribution in [2.45, 2.75) is 19.9 Å². The first kappa shape index (κ1) is 15.9. The van der Waals surface area contributed by atoms with E-state index in [2.05, 4.69) is 11.9 Å². The highest BCUT2D eigenvalue weighted by Crippen LogP contribution is 2.32. The van der Waals surface area contributed by atoms with Crippen LogP contribution in [0.1, 0.15) is 18.9 Å². The average Bonchev–Trinajstić information content (AvgIpc) is 2.96. The number of benzene rings is 1. The predicted molar refractivity (Wildman–Crippen MR) is 81.5 cm³/mol. The van der Waals surface area contributed by atoms with Crippen LogP contribution < -0.4 is 14.8 Å². The quantitative estimate of drug-likeness (QED) is 0.774. The maximum absolute atomic E-state index is 11.9. The van der Waals surface area contributed by atoms with Gasteiger partial charge in [0.2, 0.25) is 18.6 Å². The fraction of sp³-hybridized carbons (Fsp3) is 0.375. The molecule has 22 heavy (non-hydrogen) atoms. The second kappa shape index (κ2) is 7.49. The smallest absolute Gasteiger partial charge is 0.231 e. The number of carbonyl (C=O) groups is 2. The first-order valence-corrected chi connectivity index (χ1v) is 7.12. The summed E-state index contributed by atoms with van der Waals surface area (Å²) in [5.74, 6) is 1.24. The van der Waals surface area contributed by atoms with Gasteiger partial charge in [0.15, 0.2) is 11.5 Å². The molecule has 0 saturated heterocycles. The maximum atomic E-state index is 11.9. The maximum Gasteiger partial charge on any atom is 0.231 e. The van der Waals surface area contributed by atoms with Gasteiger partial charge in [0.1, 0.15) is 0 Å². The Balaban J connectivity index is 1.78. The van der Waals surface area contributed by atoms with Crippen molar-refractivity contribution in [3.8, 4) is 11.5 Å². The SMILES string of the molecule is C=CCN(CCC(=O)NCc1ccc2c(c1)OCO2)C(C)=O. The molecule has 0 aliphatic carbocycles. The summed E-state index contributed by atoms with van der Waals surface area (Å²) in [6.07, 6.45) is 1.91. The second-order valence-corrected chi connectivity index (χ2v) is 4.97. The van der Waals surface area contributed by atoms with Crippen LogP contribution in [0.2, 0.25) is 0 Å². The van der Waals surface area contributed by atoms with E-state index in [4.69, 9.17) is 9.47 Å². The van der Waals surface area contributed by atoms with Crippen molar-refractivity contribution in [1.82, 2.24) is 10.2 Å². The lowest BCUT2D eigenvalue weighted by Gasteiger charge is -2.18. The molecule has 0 atom stereocenters. The molecule has 6 nitrogen and oxygen atoms in total. The summed E-state index contributed by atoms with van der Waals surface area (Å²) in [5, 5.41) is 2.83. The lowest BCUT2D eigenvalue weighted by atomic mass is 10.2. The number of hydrogen-bond donors (Lipinski definition) is 1. The molecule has 1 aliphatic rings. The molecule has 0 bridgehead atoms. The van der Waals surface area contributed by atoms with Gasteiger partial charge >= 0.3 is 0 Å². The summed E-state index contributed by atoms with van der Waals surface area (Å²) in [6.45, 7) is 6.56. The first-order valence-electron chi connectivity index (χ1n) is 7.12. The zero-order valence-corrected chi connectivity index (χ0v) is 12.6. The van der Waals surface area contributed by atoms with E-state index in [0.717, 1.165) is 11.3 Å². The second-order valence-electron chi connectivity index (χ2n) is 4.97. The van der Waals surface area contributed by atoms with E-state index >= 15 is 0 Å². The molecule has 6 heteroatoms. The molecule has 0 unspecified atom stereocenters. The van der Waals surface area contributed by atoms with E-state index in [-0.39, 0.29) is 25.0 Å². The van der Waals surface area contributed by atoms with Gasteiger partial charge in [-0.2, -0.15) is 0 Å². The zero-order valence-electron chi connectivity index (χ0n) is 12.6. The molecule has 0 saturated carbocycles. The van der Waals surface area contributed by atoms with Crippen LogP contribution in [-0.4, -0.2) is 36.6 Å². The molecule has 0 aromatic heterocycles. The van der Waals surface area contributed by atoms with Crippen LogP contribution in [0.5, 0.6) is 11.5 Å². The molecule has 1 heterocycles. The van der Waals surface area contributed by atoms with Crippen molar-refractivity contribution in [3.63, 3.8) is 0 Å². The minimum absolute atomic E-state index is 0.0662. The van der Waals surface area contributed by atoms with Crippen LogP contribution in [0.25, 0.3) is 0 Å². The molecule has 0 radical (unpaired) electrons. The Morgan fingerprint density at radius 3 is 2.86 bits per heavy atom. The molecule has 1 N–H and O–H groups in total. The van der Waals surface area contributed by atoms with Crippen LogP contribution >= 0.6 is 0 Å². The number of amides is 2. The Kier molecular flexibility index (Phi) is 5.41. The number of hydrogen-bond acceptors (Lipinski definition) is 4. The monoisotopic (exact) mass is 304 g/mol. The van der Waals surface area contributed by atoms with Gasteiger partial charge in [-0.1, -0.05) is 12.1 Å². The van der Waals surface area contributed by atoms with Gasteiger partial charge < -0.3 is 19.7 Å². The number of carbonyl (C=O) groups excluding carboxylic acids is 2. The normalized spacial score (nSPS) is 11.9. The first-order chi connectivity index (χ1) is 10.6. The van der Waals surface area contributed by atoms with Gasteiger partial charge in [-0.25, -0.2) is 0 Å². The summed E-state index contributed by atoms with van der Waals surface area (Å²) in [7, 11) is 0. The van der Waals surface area contributed by atoms with E-state index in [1.165, 1.54) is 6.92 Å². The molecule has 1 aromatic carbocycles. The van der Waals surface area contributed by atoms with E-state index in [0.29, 0.717) is 25.4 Å². The highest BCUT2D eigenvalue weighted by molar-refractivity contribution is 5.78. The number of nitrogens with one attached hydrogen (secondary N) is 1. The van der Waals surface area contributed by atoms with Crippen LogP contribution in [0, 0.1) is 0 Å². The van der Waals surface area contributed by atoms with Crippen molar-refractivity contribution >= 4 is 11.8 Å². The van der Waals surface area contributed by atoms with Gasteiger partial charge in [0.25, 0.3) is 0 Å². The largest absolute Gasteiger partial charge is 0.454 e. The molecule has 0 spiro atoms. The van der Waals surface area contributed by atoms with Crippen LogP contribution in [0.15, 0.2) is 30.9 Å². The third kappa shape index (κ3) is 4.25. The van der Waals surface area contributed by atoms with Gasteiger partial charge in [-0.05, 0) is 17.7 Å². The van der Waals surface area contributed by atoms with Crippen molar-refractivity contribution in [1.29, 1.82) is 0 Å². The van der Waals surface area contributed by atoms with Gasteiger partial charge in [0, 0.05) is 33.0 Å². The number of fused-ring (bicyclic) bond motifs is 1. The number of rotatable bonds is 7. The highest BCUT2D eigenvalue weighted by Gasteiger charge is 2.14. The molecule has 1 aromatic rings. The van der Waals surface area contributed by atoms with Gasteiger partial charge in [-0.15, -0.1) is 6.58 Å². The van der Waals surface area contributed by atoms with Gasteiger partial charge in [0.05, 0.1) is 0 Å². The lowest BCUT2D eigenvalue weighted by Crippen LogP contribution is -2.33.